The Kier molecular flexibility index (Phi) is 6.26. The van der Waals surface area contributed by atoms with Crippen LogP contribution in [-0.4, -0.2) is 7.11 Å². The first-order chi connectivity index (χ1) is 8.69. The van der Waals surface area contributed by atoms with Crippen molar-refractivity contribution in [2.45, 2.75) is 46.0 Å². The Balaban J connectivity index is 2.66. The van der Waals surface area contributed by atoms with Crippen LogP contribution in [0.4, 0.5) is 0 Å². The lowest BCUT2D eigenvalue weighted by Crippen LogP contribution is -2.02. The molecule has 0 fully saturated rings. The maximum atomic E-state index is 11.2. The number of aryl methyl sites for hydroxylation is 1. The van der Waals surface area contributed by atoms with Gasteiger partial charge in [-0.15, -0.1) is 0 Å². The number of ether oxygens (including phenoxy) is 1. The minimum absolute atomic E-state index is 0.371. The fourth-order valence-electron chi connectivity index (χ4n) is 1.85. The van der Waals surface area contributed by atoms with E-state index in [2.05, 4.69) is 13.0 Å². The Morgan fingerprint density at radius 3 is 2.78 bits per heavy atom. The van der Waals surface area contributed by atoms with Gasteiger partial charge in [0.1, 0.15) is 11.5 Å². The lowest BCUT2D eigenvalue weighted by molar-refractivity contribution is 0.395. The second kappa shape index (κ2) is 7.75. The predicted molar refractivity (Wildman–Crippen MR) is 74.1 cm³/mol. The van der Waals surface area contributed by atoms with E-state index in [4.69, 9.17) is 9.15 Å². The first-order valence-electron chi connectivity index (χ1n) is 6.54. The van der Waals surface area contributed by atoms with E-state index in [1.807, 2.05) is 6.08 Å². The second-order valence-electron chi connectivity index (χ2n) is 4.36. The highest BCUT2D eigenvalue weighted by atomic mass is 16.5. The Hall–Kier alpha value is -1.51. The van der Waals surface area contributed by atoms with Crippen molar-refractivity contribution >= 4 is 6.08 Å². The summed E-state index contributed by atoms with van der Waals surface area (Å²) in [6, 6.07) is 1.38. The molecule has 0 bridgehead atoms. The first-order valence-corrected chi connectivity index (χ1v) is 6.54. The van der Waals surface area contributed by atoms with E-state index in [1.54, 1.807) is 14.0 Å². The molecule has 100 valence electrons. The molecule has 0 unspecified atom stereocenters. The van der Waals surface area contributed by atoms with Crippen LogP contribution in [0.5, 0.6) is 5.75 Å². The van der Waals surface area contributed by atoms with Gasteiger partial charge in [0.15, 0.2) is 0 Å². The Bertz CT molecular complexity index is 444. The van der Waals surface area contributed by atoms with Crippen LogP contribution in [0.1, 0.15) is 50.4 Å². The van der Waals surface area contributed by atoms with Gasteiger partial charge in [-0.3, -0.25) is 0 Å². The summed E-state index contributed by atoms with van der Waals surface area (Å²) in [6.45, 7) is 3.98. The van der Waals surface area contributed by atoms with Crippen LogP contribution in [0.3, 0.4) is 0 Å². The highest BCUT2D eigenvalue weighted by Crippen LogP contribution is 2.21. The van der Waals surface area contributed by atoms with E-state index in [-0.39, 0.29) is 5.63 Å². The zero-order valence-corrected chi connectivity index (χ0v) is 11.5. The average Bonchev–Trinajstić information content (AvgIpc) is 2.35. The smallest absolute Gasteiger partial charge is 0.339 e. The summed E-state index contributed by atoms with van der Waals surface area (Å²) in [5, 5.41) is 0. The molecule has 0 aliphatic rings. The van der Waals surface area contributed by atoms with Crippen LogP contribution in [0.15, 0.2) is 21.4 Å². The zero-order valence-electron chi connectivity index (χ0n) is 11.5. The fraction of sp³-hybridized carbons (Fsp3) is 0.533. The summed E-state index contributed by atoms with van der Waals surface area (Å²) in [7, 11) is 1.56. The molecular formula is C15H22O3. The third kappa shape index (κ3) is 4.40. The normalized spacial score (nSPS) is 11.1. The lowest BCUT2D eigenvalue weighted by atomic mass is 10.1. The molecule has 0 N–H and O–H groups in total. The van der Waals surface area contributed by atoms with E-state index in [9.17, 15) is 4.79 Å². The van der Waals surface area contributed by atoms with Gasteiger partial charge in [0.2, 0.25) is 0 Å². The number of allylic oxidation sites excluding steroid dienone is 1. The number of hydrogen-bond acceptors (Lipinski definition) is 3. The molecule has 0 aliphatic heterocycles. The van der Waals surface area contributed by atoms with E-state index in [0.717, 1.165) is 12.0 Å². The molecule has 0 atom stereocenters. The molecule has 0 aliphatic carbocycles. The number of hydrogen-bond donors (Lipinski definition) is 0. The first kappa shape index (κ1) is 14.6. The van der Waals surface area contributed by atoms with Crippen molar-refractivity contribution < 1.29 is 9.15 Å². The van der Waals surface area contributed by atoms with Crippen LogP contribution in [-0.2, 0) is 0 Å². The third-order valence-electron chi connectivity index (χ3n) is 2.88. The summed E-state index contributed by atoms with van der Waals surface area (Å²) in [5.74, 6) is 1.18. The van der Waals surface area contributed by atoms with Crippen molar-refractivity contribution in [3.63, 3.8) is 0 Å². The average molecular weight is 250 g/mol. The van der Waals surface area contributed by atoms with E-state index in [1.165, 1.54) is 31.7 Å². The molecule has 0 radical (unpaired) electrons. The van der Waals surface area contributed by atoms with Gasteiger partial charge in [-0.1, -0.05) is 38.3 Å². The van der Waals surface area contributed by atoms with Crippen molar-refractivity contribution in [2.75, 3.05) is 7.11 Å². The van der Waals surface area contributed by atoms with E-state index < -0.39 is 0 Å². The second-order valence-corrected chi connectivity index (χ2v) is 4.36. The molecule has 3 nitrogen and oxygen atoms in total. The SMILES string of the molecule is CCCCCC/C=C/c1c(OC)cc(=O)oc1C. The van der Waals surface area contributed by atoms with Gasteiger partial charge in [0.05, 0.1) is 18.7 Å². The van der Waals surface area contributed by atoms with Crippen LogP contribution in [0, 0.1) is 6.92 Å². The minimum Gasteiger partial charge on any atom is -0.496 e. The summed E-state index contributed by atoms with van der Waals surface area (Å²) in [4.78, 5) is 11.2. The molecule has 0 aromatic carbocycles. The van der Waals surface area contributed by atoms with Gasteiger partial charge in [-0.05, 0) is 19.8 Å². The van der Waals surface area contributed by atoms with Gasteiger partial charge < -0.3 is 9.15 Å². The summed E-state index contributed by atoms with van der Waals surface area (Å²) >= 11 is 0. The fourth-order valence-corrected chi connectivity index (χ4v) is 1.85. The molecular weight excluding hydrogens is 228 g/mol. The minimum atomic E-state index is -0.371. The maximum absolute atomic E-state index is 11.2. The lowest BCUT2D eigenvalue weighted by Gasteiger charge is -2.05. The third-order valence-corrected chi connectivity index (χ3v) is 2.88. The standard InChI is InChI=1S/C15H22O3/c1-4-5-6-7-8-9-10-13-12(2)18-15(16)11-14(13)17-3/h9-11H,4-8H2,1-3H3/b10-9+. The van der Waals surface area contributed by atoms with Gasteiger partial charge in [0.25, 0.3) is 0 Å². The van der Waals surface area contributed by atoms with Crippen molar-refractivity contribution in [1.29, 1.82) is 0 Å². The topological polar surface area (TPSA) is 39.4 Å². The molecule has 1 aromatic heterocycles. The maximum Gasteiger partial charge on any atom is 0.339 e. The quantitative estimate of drug-likeness (QED) is 0.688. The predicted octanol–water partition coefficient (Wildman–Crippen LogP) is 3.94. The molecule has 3 heteroatoms. The summed E-state index contributed by atoms with van der Waals surface area (Å²) in [6.07, 6.45) is 10.1. The highest BCUT2D eigenvalue weighted by Gasteiger charge is 2.06. The van der Waals surface area contributed by atoms with Gasteiger partial charge in [0, 0.05) is 0 Å². The van der Waals surface area contributed by atoms with Crippen molar-refractivity contribution in [3.05, 3.63) is 33.9 Å². The molecule has 1 rings (SSSR count). The van der Waals surface area contributed by atoms with Crippen LogP contribution < -0.4 is 10.4 Å². The molecule has 0 spiro atoms. The molecule has 0 saturated heterocycles. The Labute approximate surface area is 108 Å². The monoisotopic (exact) mass is 250 g/mol. The van der Waals surface area contributed by atoms with Crippen molar-refractivity contribution in [3.8, 4) is 5.75 Å². The zero-order chi connectivity index (χ0) is 13.4. The summed E-state index contributed by atoms with van der Waals surface area (Å²) in [5.41, 5.74) is 0.483. The number of unbranched alkanes of at least 4 members (excludes halogenated alkanes) is 4. The number of methoxy groups -OCH3 is 1. The molecule has 0 saturated carbocycles. The van der Waals surface area contributed by atoms with Crippen molar-refractivity contribution in [1.82, 2.24) is 0 Å². The number of rotatable bonds is 7. The van der Waals surface area contributed by atoms with Crippen molar-refractivity contribution in [2.24, 2.45) is 0 Å². The van der Waals surface area contributed by atoms with Crippen LogP contribution in [0.25, 0.3) is 6.08 Å². The molecule has 0 amide bonds. The molecule has 1 aromatic rings. The van der Waals surface area contributed by atoms with Crippen LogP contribution >= 0.6 is 0 Å². The molecule has 18 heavy (non-hydrogen) atoms. The van der Waals surface area contributed by atoms with E-state index in [0.29, 0.717) is 11.5 Å². The van der Waals surface area contributed by atoms with Gasteiger partial charge in [-0.2, -0.15) is 0 Å². The summed E-state index contributed by atoms with van der Waals surface area (Å²) < 4.78 is 10.3. The Morgan fingerprint density at radius 1 is 1.33 bits per heavy atom. The largest absolute Gasteiger partial charge is 0.496 e. The van der Waals surface area contributed by atoms with Crippen LogP contribution in [0.2, 0.25) is 0 Å². The van der Waals surface area contributed by atoms with E-state index >= 15 is 0 Å². The Morgan fingerprint density at radius 2 is 2.11 bits per heavy atom. The highest BCUT2D eigenvalue weighted by molar-refractivity contribution is 5.58. The van der Waals surface area contributed by atoms with Gasteiger partial charge in [-0.25, -0.2) is 4.79 Å². The van der Waals surface area contributed by atoms with Gasteiger partial charge >= 0.3 is 5.63 Å². The molecule has 1 heterocycles.